The molecule has 9 heteroatoms. The molecule has 0 aliphatic carbocycles. The molecule has 2 heterocycles. The summed E-state index contributed by atoms with van der Waals surface area (Å²) < 4.78 is 18.9. The van der Waals surface area contributed by atoms with Crippen LogP contribution in [0.15, 0.2) is 54.7 Å². The molecule has 2 aromatic heterocycles. The maximum atomic E-state index is 12.9. The number of carbonyl (C=O) groups excluding carboxylic acids is 1. The van der Waals surface area contributed by atoms with Crippen molar-refractivity contribution >= 4 is 17.1 Å². The molecule has 2 aromatic carbocycles. The smallest absolute Gasteiger partial charge is 0.251 e. The van der Waals surface area contributed by atoms with E-state index in [4.69, 9.17) is 14.2 Å². The van der Waals surface area contributed by atoms with Gasteiger partial charge in [0.2, 0.25) is 5.75 Å². The molecule has 34 heavy (non-hydrogen) atoms. The van der Waals surface area contributed by atoms with Crippen LogP contribution >= 0.6 is 0 Å². The molecule has 0 atom stereocenters. The van der Waals surface area contributed by atoms with Gasteiger partial charge >= 0.3 is 0 Å². The molecule has 0 unspecified atom stereocenters. The minimum atomic E-state index is -0.218. The van der Waals surface area contributed by atoms with E-state index < -0.39 is 0 Å². The van der Waals surface area contributed by atoms with E-state index in [-0.39, 0.29) is 5.91 Å². The molecule has 0 aliphatic heterocycles. The van der Waals surface area contributed by atoms with Crippen LogP contribution in [0, 0.1) is 0 Å². The van der Waals surface area contributed by atoms with Gasteiger partial charge < -0.3 is 19.5 Å². The quantitative estimate of drug-likeness (QED) is 0.382. The number of rotatable bonds is 10. The Bertz CT molecular complexity index is 1260. The highest BCUT2D eigenvalue weighted by Crippen LogP contribution is 2.39. The number of nitrogens with one attached hydrogen (secondary N) is 1. The first-order valence-electron chi connectivity index (χ1n) is 11.2. The Morgan fingerprint density at radius 3 is 2.38 bits per heavy atom. The van der Waals surface area contributed by atoms with E-state index in [0.29, 0.717) is 66.0 Å². The minimum absolute atomic E-state index is 0.218. The zero-order valence-corrected chi connectivity index (χ0v) is 19.4. The molecular formula is C25H27N5O4. The Morgan fingerprint density at radius 2 is 1.68 bits per heavy atom. The van der Waals surface area contributed by atoms with Crippen molar-refractivity contribution in [3.8, 4) is 22.9 Å². The third kappa shape index (κ3) is 4.93. The van der Waals surface area contributed by atoms with E-state index in [2.05, 4.69) is 20.6 Å². The monoisotopic (exact) mass is 461 g/mol. The number of carbonyl (C=O) groups is 1. The van der Waals surface area contributed by atoms with E-state index in [1.807, 2.05) is 45.0 Å². The second kappa shape index (κ2) is 10.7. The fourth-order valence-corrected chi connectivity index (χ4v) is 3.55. The summed E-state index contributed by atoms with van der Waals surface area (Å²) in [5.41, 5.74) is 3.35. The number of nitrogens with zero attached hydrogens (tertiary/aromatic N) is 4. The first kappa shape index (κ1) is 23.0. The predicted octanol–water partition coefficient (Wildman–Crippen LogP) is 3.94. The van der Waals surface area contributed by atoms with Crippen LogP contribution in [0.25, 0.3) is 16.9 Å². The van der Waals surface area contributed by atoms with Gasteiger partial charge in [0.15, 0.2) is 17.1 Å². The van der Waals surface area contributed by atoms with Gasteiger partial charge in [0, 0.05) is 18.3 Å². The molecule has 4 aromatic rings. The molecule has 0 saturated heterocycles. The van der Waals surface area contributed by atoms with Crippen LogP contribution < -0.4 is 19.5 Å². The second-order valence-electron chi connectivity index (χ2n) is 7.30. The molecule has 0 radical (unpaired) electrons. The van der Waals surface area contributed by atoms with Gasteiger partial charge in [-0.1, -0.05) is 11.3 Å². The van der Waals surface area contributed by atoms with E-state index in [1.54, 1.807) is 35.1 Å². The van der Waals surface area contributed by atoms with Gasteiger partial charge in [-0.3, -0.25) is 4.79 Å². The van der Waals surface area contributed by atoms with E-state index in [1.165, 1.54) is 0 Å². The summed E-state index contributed by atoms with van der Waals surface area (Å²) in [6.45, 7) is 7.48. The maximum Gasteiger partial charge on any atom is 0.251 e. The molecule has 1 amide bonds. The molecule has 0 fully saturated rings. The van der Waals surface area contributed by atoms with Crippen LogP contribution in [0.2, 0.25) is 0 Å². The number of amides is 1. The van der Waals surface area contributed by atoms with Gasteiger partial charge in [0.1, 0.15) is 5.52 Å². The summed E-state index contributed by atoms with van der Waals surface area (Å²) in [7, 11) is 0. The Morgan fingerprint density at radius 1 is 0.941 bits per heavy atom. The van der Waals surface area contributed by atoms with Gasteiger partial charge in [0.25, 0.3) is 5.91 Å². The van der Waals surface area contributed by atoms with Crippen LogP contribution in [0.4, 0.5) is 0 Å². The van der Waals surface area contributed by atoms with Crippen LogP contribution in [0.3, 0.4) is 0 Å². The molecule has 0 saturated carbocycles. The fourth-order valence-electron chi connectivity index (χ4n) is 3.55. The molecule has 9 nitrogen and oxygen atoms in total. The summed E-state index contributed by atoms with van der Waals surface area (Å²) >= 11 is 0. The first-order valence-corrected chi connectivity index (χ1v) is 11.2. The number of fused-ring (bicyclic) bond motifs is 1. The zero-order chi connectivity index (χ0) is 23.9. The van der Waals surface area contributed by atoms with Gasteiger partial charge in [-0.25, -0.2) is 4.98 Å². The molecule has 176 valence electrons. The average molecular weight is 462 g/mol. The summed E-state index contributed by atoms with van der Waals surface area (Å²) in [6.07, 6.45) is 1.68. The Balaban J connectivity index is 1.54. The van der Waals surface area contributed by atoms with Crippen molar-refractivity contribution in [1.82, 2.24) is 25.3 Å². The zero-order valence-electron chi connectivity index (χ0n) is 19.4. The van der Waals surface area contributed by atoms with Gasteiger partial charge in [-0.2, -0.15) is 4.68 Å². The third-order valence-corrected chi connectivity index (χ3v) is 4.98. The number of ether oxygens (including phenoxy) is 3. The number of hydrogen-bond acceptors (Lipinski definition) is 7. The molecule has 0 aliphatic rings. The lowest BCUT2D eigenvalue weighted by atomic mass is 10.1. The standard InChI is InChI=1S/C25H27N5O4/c1-4-32-21-13-17(14-22(33-5-2)23(21)34-6-3)16-27-25(31)18-9-7-10-19(15-18)30-24-20(28-29-30)11-8-12-26-24/h7-15H,4-6,16H2,1-3H3,(H,27,31). The molecule has 0 bridgehead atoms. The topological polar surface area (TPSA) is 100 Å². The summed E-state index contributed by atoms with van der Waals surface area (Å²) in [5, 5.41) is 11.3. The highest BCUT2D eigenvalue weighted by Gasteiger charge is 2.16. The van der Waals surface area contributed by atoms with Crippen molar-refractivity contribution in [3.63, 3.8) is 0 Å². The Labute approximate surface area is 197 Å². The van der Waals surface area contributed by atoms with Crippen molar-refractivity contribution < 1.29 is 19.0 Å². The molecule has 4 rings (SSSR count). The third-order valence-electron chi connectivity index (χ3n) is 4.98. The number of aromatic nitrogens is 4. The van der Waals surface area contributed by atoms with Crippen molar-refractivity contribution in [2.24, 2.45) is 0 Å². The van der Waals surface area contributed by atoms with Gasteiger partial charge in [-0.15, -0.1) is 5.10 Å². The minimum Gasteiger partial charge on any atom is -0.490 e. The number of benzene rings is 2. The number of pyridine rings is 1. The molecule has 1 N–H and O–H groups in total. The van der Waals surface area contributed by atoms with Gasteiger partial charge in [0.05, 0.1) is 25.5 Å². The predicted molar refractivity (Wildman–Crippen MR) is 128 cm³/mol. The van der Waals surface area contributed by atoms with Crippen LogP contribution in [0.5, 0.6) is 17.2 Å². The lowest BCUT2D eigenvalue weighted by Crippen LogP contribution is -2.23. The SMILES string of the molecule is CCOc1cc(CNC(=O)c2cccc(-n3nnc4cccnc43)c2)cc(OCC)c1OCC. The summed E-state index contributed by atoms with van der Waals surface area (Å²) in [5.74, 6) is 1.53. The second-order valence-corrected chi connectivity index (χ2v) is 7.30. The molecular weight excluding hydrogens is 434 g/mol. The van der Waals surface area contributed by atoms with Crippen LogP contribution in [-0.2, 0) is 6.54 Å². The van der Waals surface area contributed by atoms with Crippen molar-refractivity contribution in [2.75, 3.05) is 19.8 Å². The highest BCUT2D eigenvalue weighted by molar-refractivity contribution is 5.94. The lowest BCUT2D eigenvalue weighted by molar-refractivity contribution is 0.0950. The highest BCUT2D eigenvalue weighted by atomic mass is 16.5. The largest absolute Gasteiger partial charge is 0.490 e. The van der Waals surface area contributed by atoms with E-state index >= 15 is 0 Å². The Kier molecular flexibility index (Phi) is 7.22. The van der Waals surface area contributed by atoms with Crippen molar-refractivity contribution in [1.29, 1.82) is 0 Å². The average Bonchev–Trinajstić information content (AvgIpc) is 3.29. The maximum absolute atomic E-state index is 12.9. The summed E-state index contributed by atoms with van der Waals surface area (Å²) in [4.78, 5) is 17.3. The van der Waals surface area contributed by atoms with Crippen LogP contribution in [0.1, 0.15) is 36.7 Å². The Hall–Kier alpha value is -4.14. The van der Waals surface area contributed by atoms with Crippen LogP contribution in [-0.4, -0.2) is 45.7 Å². The first-order chi connectivity index (χ1) is 16.6. The lowest BCUT2D eigenvalue weighted by Gasteiger charge is -2.17. The fraction of sp³-hybridized carbons (Fsp3) is 0.280. The molecule has 0 spiro atoms. The van der Waals surface area contributed by atoms with E-state index in [0.717, 1.165) is 5.56 Å². The van der Waals surface area contributed by atoms with Gasteiger partial charge in [-0.05, 0) is 68.8 Å². The normalized spacial score (nSPS) is 10.8. The van der Waals surface area contributed by atoms with Crippen molar-refractivity contribution in [3.05, 3.63) is 65.9 Å². The number of hydrogen-bond donors (Lipinski definition) is 1. The summed E-state index contributed by atoms with van der Waals surface area (Å²) in [6, 6.07) is 14.5. The van der Waals surface area contributed by atoms with Crippen molar-refractivity contribution in [2.45, 2.75) is 27.3 Å². The van der Waals surface area contributed by atoms with E-state index in [9.17, 15) is 4.79 Å².